The van der Waals surface area contributed by atoms with Crippen molar-refractivity contribution in [2.24, 2.45) is 0 Å². The maximum atomic E-state index is 11.9. The molecule has 4 nitrogen and oxygen atoms in total. The van der Waals surface area contributed by atoms with Gasteiger partial charge in [0.25, 0.3) is 0 Å². The fraction of sp³-hybridized carbons (Fsp3) is 0.462. The van der Waals surface area contributed by atoms with Gasteiger partial charge in [-0.3, -0.25) is 0 Å². The van der Waals surface area contributed by atoms with Crippen LogP contribution in [0.4, 0.5) is 5.69 Å². The lowest BCUT2D eigenvalue weighted by Crippen LogP contribution is -2.12. The molecule has 0 aliphatic rings. The van der Waals surface area contributed by atoms with Gasteiger partial charge in [-0.05, 0) is 24.8 Å². The summed E-state index contributed by atoms with van der Waals surface area (Å²) in [6.07, 6.45) is 0. The summed E-state index contributed by atoms with van der Waals surface area (Å²) in [6.45, 7) is 4.79. The standard InChI is InChI=1S/C13H19NO3S/c1-3-16-11-7-5-6-10(14)12(11)13(15)17-8-9-18-4-2/h5-7H,3-4,8-9,14H2,1-2H3. The largest absolute Gasteiger partial charge is 0.493 e. The smallest absolute Gasteiger partial charge is 0.344 e. The number of carbonyl (C=O) groups excluding carboxylic acids is 1. The highest BCUT2D eigenvalue weighted by Crippen LogP contribution is 2.25. The quantitative estimate of drug-likeness (QED) is 0.468. The lowest BCUT2D eigenvalue weighted by atomic mass is 10.1. The molecule has 0 aliphatic heterocycles. The highest BCUT2D eigenvalue weighted by atomic mass is 32.2. The van der Waals surface area contributed by atoms with Gasteiger partial charge in [-0.2, -0.15) is 11.8 Å². The van der Waals surface area contributed by atoms with Gasteiger partial charge in [0.1, 0.15) is 17.9 Å². The molecule has 0 spiro atoms. The van der Waals surface area contributed by atoms with E-state index in [1.54, 1.807) is 30.0 Å². The van der Waals surface area contributed by atoms with Crippen LogP contribution < -0.4 is 10.5 Å². The second kappa shape index (κ2) is 7.87. The number of ether oxygens (including phenoxy) is 2. The van der Waals surface area contributed by atoms with E-state index in [9.17, 15) is 4.79 Å². The molecule has 5 heteroatoms. The first-order valence-electron chi connectivity index (χ1n) is 5.96. The van der Waals surface area contributed by atoms with Gasteiger partial charge in [0.15, 0.2) is 0 Å². The lowest BCUT2D eigenvalue weighted by Gasteiger charge is -2.11. The first kappa shape index (κ1) is 14.7. The molecule has 100 valence electrons. The van der Waals surface area contributed by atoms with E-state index in [1.165, 1.54) is 0 Å². The summed E-state index contributed by atoms with van der Waals surface area (Å²) in [4.78, 5) is 11.9. The third-order valence-corrected chi connectivity index (χ3v) is 3.09. The molecule has 0 saturated carbocycles. The number of nitrogen functional groups attached to an aromatic ring is 1. The Morgan fingerprint density at radius 3 is 2.83 bits per heavy atom. The Balaban J connectivity index is 2.71. The van der Waals surface area contributed by atoms with E-state index in [2.05, 4.69) is 6.92 Å². The molecule has 0 heterocycles. The Morgan fingerprint density at radius 2 is 2.17 bits per heavy atom. The molecule has 0 saturated heterocycles. The van der Waals surface area contributed by atoms with Crippen LogP contribution in [0, 0.1) is 0 Å². The first-order valence-corrected chi connectivity index (χ1v) is 7.12. The minimum Gasteiger partial charge on any atom is -0.493 e. The number of esters is 1. The Kier molecular flexibility index (Phi) is 6.43. The van der Waals surface area contributed by atoms with E-state index in [0.29, 0.717) is 30.2 Å². The summed E-state index contributed by atoms with van der Waals surface area (Å²) < 4.78 is 10.6. The highest BCUT2D eigenvalue weighted by Gasteiger charge is 2.17. The summed E-state index contributed by atoms with van der Waals surface area (Å²) >= 11 is 1.72. The molecular weight excluding hydrogens is 250 g/mol. The molecule has 0 radical (unpaired) electrons. The monoisotopic (exact) mass is 269 g/mol. The van der Waals surface area contributed by atoms with Crippen molar-refractivity contribution in [3.63, 3.8) is 0 Å². The molecule has 0 atom stereocenters. The molecule has 2 N–H and O–H groups in total. The predicted molar refractivity (Wildman–Crippen MR) is 75.3 cm³/mol. The van der Waals surface area contributed by atoms with Crippen molar-refractivity contribution in [1.29, 1.82) is 0 Å². The molecule has 0 bridgehead atoms. The zero-order valence-corrected chi connectivity index (χ0v) is 11.6. The zero-order chi connectivity index (χ0) is 13.4. The third-order valence-electron chi connectivity index (χ3n) is 2.23. The molecule has 18 heavy (non-hydrogen) atoms. The first-order chi connectivity index (χ1) is 8.70. The Bertz CT molecular complexity index is 396. The second-order valence-electron chi connectivity index (χ2n) is 3.49. The molecule has 0 fully saturated rings. The predicted octanol–water partition coefficient (Wildman–Crippen LogP) is 2.58. The summed E-state index contributed by atoms with van der Waals surface area (Å²) in [7, 11) is 0. The minimum absolute atomic E-state index is 0.320. The summed E-state index contributed by atoms with van der Waals surface area (Å²) in [5.74, 6) is 1.85. The van der Waals surface area contributed by atoms with Gasteiger partial charge in [0.05, 0.1) is 6.61 Å². The van der Waals surface area contributed by atoms with Gasteiger partial charge < -0.3 is 15.2 Å². The van der Waals surface area contributed by atoms with Gasteiger partial charge in [0, 0.05) is 11.4 Å². The molecule has 1 aromatic carbocycles. The van der Waals surface area contributed by atoms with Crippen LogP contribution in [0.15, 0.2) is 18.2 Å². The minimum atomic E-state index is -0.423. The molecular formula is C13H19NO3S. The molecule has 0 aliphatic carbocycles. The number of hydrogen-bond acceptors (Lipinski definition) is 5. The molecule has 0 aromatic heterocycles. The maximum absolute atomic E-state index is 11.9. The number of carbonyl (C=O) groups is 1. The topological polar surface area (TPSA) is 61.5 Å². The SMILES string of the molecule is CCOc1cccc(N)c1C(=O)OCCSCC. The van der Waals surface area contributed by atoms with Crippen LogP contribution >= 0.6 is 11.8 Å². The van der Waals surface area contributed by atoms with Crippen molar-refractivity contribution in [2.75, 3.05) is 30.5 Å². The van der Waals surface area contributed by atoms with Gasteiger partial charge >= 0.3 is 5.97 Å². The van der Waals surface area contributed by atoms with E-state index < -0.39 is 5.97 Å². The van der Waals surface area contributed by atoms with Crippen LogP contribution in [0.25, 0.3) is 0 Å². The van der Waals surface area contributed by atoms with Crippen LogP contribution in [0.1, 0.15) is 24.2 Å². The van der Waals surface area contributed by atoms with E-state index in [1.807, 2.05) is 6.92 Å². The summed E-state index contributed by atoms with van der Waals surface area (Å²) in [6, 6.07) is 5.14. The Morgan fingerprint density at radius 1 is 1.39 bits per heavy atom. The van der Waals surface area contributed by atoms with Crippen molar-refractivity contribution >= 4 is 23.4 Å². The summed E-state index contributed by atoms with van der Waals surface area (Å²) in [5, 5.41) is 0. The van der Waals surface area contributed by atoms with E-state index in [4.69, 9.17) is 15.2 Å². The maximum Gasteiger partial charge on any atom is 0.344 e. The average Bonchev–Trinajstić information content (AvgIpc) is 2.35. The van der Waals surface area contributed by atoms with Crippen LogP contribution in [0.3, 0.4) is 0 Å². The van der Waals surface area contributed by atoms with Crippen LogP contribution in [0.5, 0.6) is 5.75 Å². The second-order valence-corrected chi connectivity index (χ2v) is 4.88. The Labute approximate surface area is 112 Å². The number of thioether (sulfide) groups is 1. The van der Waals surface area contributed by atoms with Crippen molar-refractivity contribution in [3.8, 4) is 5.75 Å². The zero-order valence-electron chi connectivity index (χ0n) is 10.8. The van der Waals surface area contributed by atoms with Gasteiger partial charge in [0.2, 0.25) is 0 Å². The Hall–Kier alpha value is -1.36. The van der Waals surface area contributed by atoms with Crippen molar-refractivity contribution < 1.29 is 14.3 Å². The number of benzene rings is 1. The molecule has 1 rings (SSSR count). The van der Waals surface area contributed by atoms with Crippen LogP contribution in [-0.2, 0) is 4.74 Å². The van der Waals surface area contributed by atoms with Crippen molar-refractivity contribution in [2.45, 2.75) is 13.8 Å². The molecule has 1 aromatic rings. The number of anilines is 1. The van der Waals surface area contributed by atoms with E-state index >= 15 is 0 Å². The van der Waals surface area contributed by atoms with Gasteiger partial charge in [-0.15, -0.1) is 0 Å². The number of rotatable bonds is 7. The molecule has 0 unspecified atom stereocenters. The number of hydrogen-bond donors (Lipinski definition) is 1. The van der Waals surface area contributed by atoms with Gasteiger partial charge in [-0.25, -0.2) is 4.79 Å². The average molecular weight is 269 g/mol. The lowest BCUT2D eigenvalue weighted by molar-refractivity contribution is 0.0527. The normalized spacial score (nSPS) is 10.1. The van der Waals surface area contributed by atoms with Crippen LogP contribution in [0.2, 0.25) is 0 Å². The van der Waals surface area contributed by atoms with Gasteiger partial charge in [-0.1, -0.05) is 13.0 Å². The number of nitrogens with two attached hydrogens (primary N) is 1. The van der Waals surface area contributed by atoms with E-state index in [-0.39, 0.29) is 0 Å². The van der Waals surface area contributed by atoms with E-state index in [0.717, 1.165) is 11.5 Å². The summed E-state index contributed by atoms with van der Waals surface area (Å²) in [5.41, 5.74) is 6.50. The van der Waals surface area contributed by atoms with Crippen molar-refractivity contribution in [1.82, 2.24) is 0 Å². The third kappa shape index (κ3) is 4.14. The molecule has 0 amide bonds. The fourth-order valence-electron chi connectivity index (χ4n) is 1.45. The highest BCUT2D eigenvalue weighted by molar-refractivity contribution is 7.99. The van der Waals surface area contributed by atoms with Crippen molar-refractivity contribution in [3.05, 3.63) is 23.8 Å². The fourth-order valence-corrected chi connectivity index (χ4v) is 1.94. The van der Waals surface area contributed by atoms with Crippen LogP contribution in [-0.4, -0.2) is 30.7 Å².